The van der Waals surface area contributed by atoms with Crippen molar-refractivity contribution in [2.75, 3.05) is 0 Å². The summed E-state index contributed by atoms with van der Waals surface area (Å²) in [4.78, 5) is 12.8. The van der Waals surface area contributed by atoms with Crippen molar-refractivity contribution in [1.29, 1.82) is 0 Å². The van der Waals surface area contributed by atoms with E-state index in [1.54, 1.807) is 0 Å². The average molecular weight is 376 g/mol. The zero-order valence-electron chi connectivity index (χ0n) is 12.8. The van der Waals surface area contributed by atoms with Crippen LogP contribution in [0.2, 0.25) is 0 Å². The van der Waals surface area contributed by atoms with Crippen LogP contribution >= 0.6 is 15.9 Å². The third-order valence-electron chi connectivity index (χ3n) is 4.10. The number of hydrogen-bond donors (Lipinski definition) is 0. The molecule has 2 heterocycles. The molecule has 0 saturated heterocycles. The fraction of sp³-hybridized carbons (Fsp3) is 0. The summed E-state index contributed by atoms with van der Waals surface area (Å²) in [7, 11) is 0. The first kappa shape index (κ1) is 14.9. The molecule has 0 fully saturated rings. The van der Waals surface area contributed by atoms with E-state index in [4.69, 9.17) is 0 Å². The molecule has 116 valence electrons. The monoisotopic (exact) mass is 375 g/mol. The van der Waals surface area contributed by atoms with Crippen molar-refractivity contribution in [2.45, 2.75) is 0 Å². The minimum atomic E-state index is 0.0174. The molecule has 0 bridgehead atoms. The van der Waals surface area contributed by atoms with Gasteiger partial charge in [-0.3, -0.25) is 4.79 Å². The van der Waals surface area contributed by atoms with Gasteiger partial charge in [0.15, 0.2) is 0 Å². The number of ketones is 1. The highest BCUT2D eigenvalue weighted by molar-refractivity contribution is 9.10. The fourth-order valence-corrected chi connectivity index (χ4v) is 3.40. The Kier molecular flexibility index (Phi) is 3.79. The van der Waals surface area contributed by atoms with Crippen molar-refractivity contribution in [3.63, 3.8) is 0 Å². The third kappa shape index (κ3) is 2.57. The molecule has 0 N–H and O–H groups in total. The summed E-state index contributed by atoms with van der Waals surface area (Å²) < 4.78 is 2.85. The Labute approximate surface area is 148 Å². The second-order valence-corrected chi connectivity index (χ2v) is 6.46. The van der Waals surface area contributed by atoms with Crippen LogP contribution < -0.4 is 0 Å². The summed E-state index contributed by atoms with van der Waals surface area (Å²) in [6.07, 6.45) is 1.96. The van der Waals surface area contributed by atoms with Crippen LogP contribution in [0.3, 0.4) is 0 Å². The molecule has 0 unspecified atom stereocenters. The van der Waals surface area contributed by atoms with E-state index in [2.05, 4.69) is 34.1 Å². The van der Waals surface area contributed by atoms with Gasteiger partial charge in [-0.05, 0) is 45.3 Å². The van der Waals surface area contributed by atoms with Crippen LogP contribution in [0.4, 0.5) is 0 Å². The van der Waals surface area contributed by atoms with E-state index in [0.29, 0.717) is 11.3 Å². The second-order valence-electron chi connectivity index (χ2n) is 5.61. The van der Waals surface area contributed by atoms with Crippen molar-refractivity contribution in [2.24, 2.45) is 0 Å². The number of benzene rings is 2. The summed E-state index contributed by atoms with van der Waals surface area (Å²) in [5.74, 6) is 0.0174. The second kappa shape index (κ2) is 6.10. The van der Waals surface area contributed by atoms with E-state index >= 15 is 0 Å². The molecule has 0 spiro atoms. The maximum Gasteiger partial charge on any atom is 0.209 e. The Bertz CT molecular complexity index is 1020. The molecule has 24 heavy (non-hydrogen) atoms. The smallest absolute Gasteiger partial charge is 0.209 e. The predicted molar refractivity (Wildman–Crippen MR) is 100 cm³/mol. The van der Waals surface area contributed by atoms with Gasteiger partial charge in [-0.1, -0.05) is 60.7 Å². The lowest BCUT2D eigenvalue weighted by atomic mass is 10.1. The van der Waals surface area contributed by atoms with Crippen LogP contribution in [-0.2, 0) is 0 Å². The zero-order chi connectivity index (χ0) is 16.5. The van der Waals surface area contributed by atoms with Crippen molar-refractivity contribution < 1.29 is 4.79 Å². The van der Waals surface area contributed by atoms with Crippen LogP contribution in [0.25, 0.3) is 16.6 Å². The van der Waals surface area contributed by atoms with E-state index in [0.717, 1.165) is 21.1 Å². The molecule has 2 nitrogen and oxygen atoms in total. The van der Waals surface area contributed by atoms with Gasteiger partial charge in [0.05, 0.1) is 11.2 Å². The van der Waals surface area contributed by atoms with Crippen LogP contribution in [-0.4, -0.2) is 10.2 Å². The third-order valence-corrected chi connectivity index (χ3v) is 4.73. The molecular weight excluding hydrogens is 362 g/mol. The molecule has 0 atom stereocenters. The molecule has 2 aromatic heterocycles. The van der Waals surface area contributed by atoms with Gasteiger partial charge in [-0.2, -0.15) is 0 Å². The Hall–Kier alpha value is -2.65. The number of carbonyl (C=O) groups is 1. The summed E-state index contributed by atoms with van der Waals surface area (Å²) in [6.45, 7) is 0. The molecule has 4 rings (SSSR count). The van der Waals surface area contributed by atoms with Gasteiger partial charge in [0.25, 0.3) is 0 Å². The Morgan fingerprint density at radius 1 is 0.792 bits per heavy atom. The van der Waals surface area contributed by atoms with Gasteiger partial charge < -0.3 is 4.40 Å². The first-order valence-corrected chi connectivity index (χ1v) is 8.49. The largest absolute Gasteiger partial charge is 0.312 e. The average Bonchev–Trinajstić information content (AvgIpc) is 2.99. The first-order chi connectivity index (χ1) is 11.7. The summed E-state index contributed by atoms with van der Waals surface area (Å²) >= 11 is 3.59. The number of pyridine rings is 1. The number of nitrogens with zero attached hydrogens (tertiary/aromatic N) is 1. The molecule has 0 aliphatic rings. The molecule has 0 saturated carbocycles. The molecule has 0 aliphatic carbocycles. The van der Waals surface area contributed by atoms with E-state index < -0.39 is 0 Å². The number of aromatic nitrogens is 1. The highest BCUT2D eigenvalue weighted by Gasteiger charge is 2.16. The van der Waals surface area contributed by atoms with Crippen molar-refractivity contribution in [1.82, 2.24) is 4.40 Å². The SMILES string of the molecule is O=C(c1ccccc1)c1cc(Br)c2cc(-c3ccccc3)ccn12. The van der Waals surface area contributed by atoms with Crippen LogP contribution in [0.5, 0.6) is 0 Å². The highest BCUT2D eigenvalue weighted by atomic mass is 79.9. The quantitative estimate of drug-likeness (QED) is 0.427. The minimum Gasteiger partial charge on any atom is -0.312 e. The summed E-state index contributed by atoms with van der Waals surface area (Å²) in [5.41, 5.74) is 4.61. The number of halogens is 1. The number of rotatable bonds is 3. The van der Waals surface area contributed by atoms with Crippen molar-refractivity contribution in [3.05, 3.63) is 101 Å². The van der Waals surface area contributed by atoms with E-state index in [-0.39, 0.29) is 5.78 Å². The summed E-state index contributed by atoms with van der Waals surface area (Å²) in [5, 5.41) is 0. The Balaban J connectivity index is 1.84. The normalized spacial score (nSPS) is 10.9. The van der Waals surface area contributed by atoms with Gasteiger partial charge in [-0.15, -0.1) is 0 Å². The first-order valence-electron chi connectivity index (χ1n) is 7.70. The molecule has 0 aliphatic heterocycles. The molecule has 4 aromatic rings. The van der Waals surface area contributed by atoms with Gasteiger partial charge in [0.2, 0.25) is 5.78 Å². The van der Waals surface area contributed by atoms with Crippen LogP contribution in [0.1, 0.15) is 16.1 Å². The predicted octanol–water partition coefficient (Wildman–Crippen LogP) is 5.60. The maximum absolute atomic E-state index is 12.8. The lowest BCUT2D eigenvalue weighted by molar-refractivity contribution is 0.103. The number of carbonyl (C=O) groups excluding carboxylic acids is 1. The standard InChI is InChI=1S/C21H14BrNO/c22-18-14-20(21(24)16-9-5-2-6-10-16)23-12-11-17(13-19(18)23)15-7-3-1-4-8-15/h1-14H. The highest BCUT2D eigenvalue weighted by Crippen LogP contribution is 2.28. The van der Waals surface area contributed by atoms with E-state index in [1.807, 2.05) is 71.3 Å². The van der Waals surface area contributed by atoms with Gasteiger partial charge in [-0.25, -0.2) is 0 Å². The van der Waals surface area contributed by atoms with Crippen molar-refractivity contribution >= 4 is 27.2 Å². The summed E-state index contributed by atoms with van der Waals surface area (Å²) in [6, 6.07) is 25.6. The molecular formula is C21H14BrNO. The van der Waals surface area contributed by atoms with Crippen LogP contribution in [0, 0.1) is 0 Å². The van der Waals surface area contributed by atoms with E-state index in [9.17, 15) is 4.79 Å². The van der Waals surface area contributed by atoms with Crippen molar-refractivity contribution in [3.8, 4) is 11.1 Å². The minimum absolute atomic E-state index is 0.0174. The van der Waals surface area contributed by atoms with Gasteiger partial charge in [0, 0.05) is 16.2 Å². The molecule has 0 amide bonds. The number of fused-ring (bicyclic) bond motifs is 1. The Morgan fingerprint density at radius 3 is 2.17 bits per heavy atom. The fourth-order valence-electron chi connectivity index (χ4n) is 2.88. The van der Waals surface area contributed by atoms with E-state index in [1.165, 1.54) is 0 Å². The molecule has 0 radical (unpaired) electrons. The van der Waals surface area contributed by atoms with Crippen LogP contribution in [0.15, 0.2) is 89.5 Å². The lowest BCUT2D eigenvalue weighted by Gasteiger charge is -2.06. The Morgan fingerprint density at radius 2 is 1.46 bits per heavy atom. The lowest BCUT2D eigenvalue weighted by Crippen LogP contribution is -2.04. The topological polar surface area (TPSA) is 21.5 Å². The van der Waals surface area contributed by atoms with Gasteiger partial charge in [0.1, 0.15) is 0 Å². The number of hydrogen-bond acceptors (Lipinski definition) is 1. The molecule has 3 heteroatoms. The molecule has 2 aromatic carbocycles. The van der Waals surface area contributed by atoms with Gasteiger partial charge >= 0.3 is 0 Å². The zero-order valence-corrected chi connectivity index (χ0v) is 14.4. The maximum atomic E-state index is 12.8.